The smallest absolute Gasteiger partial charge is 0.273 e. The van der Waals surface area contributed by atoms with Crippen LogP contribution in [0.1, 0.15) is 10.5 Å². The second-order valence-electron chi connectivity index (χ2n) is 3.06. The largest absolute Gasteiger partial charge is 0.504 e. The molecule has 0 spiro atoms. The highest BCUT2D eigenvalue weighted by Crippen LogP contribution is 2.19. The number of aromatic nitrogens is 2. The summed E-state index contributed by atoms with van der Waals surface area (Å²) >= 11 is 3.22. The molecule has 0 aliphatic rings. The number of anilines is 1. The van der Waals surface area contributed by atoms with Gasteiger partial charge in [-0.15, -0.1) is 0 Å². The van der Waals surface area contributed by atoms with Crippen LogP contribution >= 0.6 is 15.9 Å². The molecule has 0 saturated heterocycles. The molecular weight excluding hydrogens is 274 g/mol. The van der Waals surface area contributed by atoms with Crippen LogP contribution in [0.15, 0.2) is 35.1 Å². The Hall–Kier alpha value is -1.82. The normalized spacial score (nSPS) is 10.1. The Balaban J connectivity index is 2.17. The van der Waals surface area contributed by atoms with Crippen LogP contribution in [0.2, 0.25) is 0 Å². The Labute approximate surface area is 99.7 Å². The summed E-state index contributed by atoms with van der Waals surface area (Å²) in [5.74, 6) is -0.292. The first-order valence-corrected chi connectivity index (χ1v) is 5.25. The van der Waals surface area contributed by atoms with Gasteiger partial charge in [-0.25, -0.2) is 4.98 Å². The Morgan fingerprint density at radius 1 is 1.56 bits per heavy atom. The lowest BCUT2D eigenvalue weighted by Crippen LogP contribution is -2.13. The number of carbonyl (C=O) groups excluding carboxylic acids is 1. The molecule has 0 bridgehead atoms. The second kappa shape index (κ2) is 4.36. The summed E-state index contributed by atoms with van der Waals surface area (Å²) in [6, 6.07) is 4.67. The number of carbonyl (C=O) groups is 1. The van der Waals surface area contributed by atoms with E-state index in [0.29, 0.717) is 5.69 Å². The number of H-pyrrole nitrogens is 1. The number of nitrogens with one attached hydrogen (secondary N) is 2. The topological polar surface area (TPSA) is 78.0 Å². The van der Waals surface area contributed by atoms with Crippen LogP contribution < -0.4 is 5.32 Å². The van der Waals surface area contributed by atoms with Gasteiger partial charge in [0.2, 0.25) is 0 Å². The Morgan fingerprint density at radius 2 is 2.38 bits per heavy atom. The van der Waals surface area contributed by atoms with Crippen LogP contribution in [0.5, 0.6) is 5.75 Å². The highest BCUT2D eigenvalue weighted by molar-refractivity contribution is 9.10. The minimum absolute atomic E-state index is 0.0681. The zero-order chi connectivity index (χ0) is 11.5. The summed E-state index contributed by atoms with van der Waals surface area (Å²) in [4.78, 5) is 18.3. The average Bonchev–Trinajstić information content (AvgIpc) is 2.68. The number of nitrogens with zero attached hydrogens (tertiary/aromatic N) is 1. The molecule has 2 rings (SSSR count). The number of aromatic amines is 1. The van der Waals surface area contributed by atoms with Crippen molar-refractivity contribution < 1.29 is 9.90 Å². The molecule has 5 nitrogen and oxygen atoms in total. The van der Waals surface area contributed by atoms with E-state index in [9.17, 15) is 9.90 Å². The predicted molar refractivity (Wildman–Crippen MR) is 62.3 cm³/mol. The minimum atomic E-state index is -0.361. The number of aromatic hydroxyl groups is 1. The molecule has 2 aromatic rings. The summed E-state index contributed by atoms with van der Waals surface area (Å²) in [5.41, 5.74) is 0.386. The molecule has 0 aliphatic carbocycles. The number of amides is 1. The lowest BCUT2D eigenvalue weighted by molar-refractivity contribution is 0.102. The van der Waals surface area contributed by atoms with Crippen molar-refractivity contribution in [2.75, 3.05) is 5.32 Å². The maximum absolute atomic E-state index is 11.7. The summed E-state index contributed by atoms with van der Waals surface area (Å²) in [5, 5.41) is 11.9. The van der Waals surface area contributed by atoms with E-state index in [1.54, 1.807) is 18.3 Å². The van der Waals surface area contributed by atoms with Gasteiger partial charge in [-0.2, -0.15) is 0 Å². The van der Waals surface area contributed by atoms with Crippen LogP contribution in [0.3, 0.4) is 0 Å². The van der Waals surface area contributed by atoms with E-state index >= 15 is 0 Å². The van der Waals surface area contributed by atoms with Gasteiger partial charge in [-0.1, -0.05) is 0 Å². The van der Waals surface area contributed by atoms with Gasteiger partial charge in [0.1, 0.15) is 5.69 Å². The highest BCUT2D eigenvalue weighted by atomic mass is 79.9. The summed E-state index contributed by atoms with van der Waals surface area (Å²) in [6.07, 6.45) is 3.13. The van der Waals surface area contributed by atoms with Gasteiger partial charge in [0.15, 0.2) is 11.6 Å². The Morgan fingerprint density at radius 3 is 3.00 bits per heavy atom. The van der Waals surface area contributed by atoms with Gasteiger partial charge >= 0.3 is 0 Å². The van der Waals surface area contributed by atoms with Gasteiger partial charge in [-0.3, -0.25) is 4.79 Å². The van der Waals surface area contributed by atoms with E-state index in [-0.39, 0.29) is 17.5 Å². The van der Waals surface area contributed by atoms with Crippen LogP contribution in [0, 0.1) is 0 Å². The number of rotatable bonds is 2. The predicted octanol–water partition coefficient (Wildman–Crippen LogP) is 2.13. The minimum Gasteiger partial charge on any atom is -0.504 e. The molecule has 0 saturated carbocycles. The molecule has 2 aromatic heterocycles. The van der Waals surface area contributed by atoms with E-state index in [0.717, 1.165) is 4.47 Å². The zero-order valence-electron chi connectivity index (χ0n) is 8.07. The molecule has 16 heavy (non-hydrogen) atoms. The van der Waals surface area contributed by atoms with E-state index in [4.69, 9.17) is 0 Å². The van der Waals surface area contributed by atoms with Gasteiger partial charge in [0.25, 0.3) is 5.91 Å². The molecule has 0 aromatic carbocycles. The molecule has 2 heterocycles. The molecule has 82 valence electrons. The van der Waals surface area contributed by atoms with Crippen LogP contribution in [0.4, 0.5) is 5.82 Å². The molecular formula is C10H8BrN3O2. The number of hydrogen-bond acceptors (Lipinski definition) is 3. The highest BCUT2D eigenvalue weighted by Gasteiger charge is 2.10. The van der Waals surface area contributed by atoms with Crippen molar-refractivity contribution in [2.24, 2.45) is 0 Å². The van der Waals surface area contributed by atoms with Crippen LogP contribution in [-0.2, 0) is 0 Å². The first kappa shape index (κ1) is 10.7. The SMILES string of the molecule is O=C(Nc1ncccc1O)c1cc(Br)c[nH]1. The zero-order valence-corrected chi connectivity index (χ0v) is 9.65. The summed E-state index contributed by atoms with van der Waals surface area (Å²) < 4.78 is 0.780. The molecule has 1 amide bonds. The van der Waals surface area contributed by atoms with Crippen molar-refractivity contribution in [1.29, 1.82) is 0 Å². The van der Waals surface area contributed by atoms with Gasteiger partial charge in [-0.05, 0) is 34.1 Å². The monoisotopic (exact) mass is 281 g/mol. The van der Waals surface area contributed by atoms with Crippen molar-refractivity contribution in [3.8, 4) is 5.75 Å². The van der Waals surface area contributed by atoms with Crippen LogP contribution in [0.25, 0.3) is 0 Å². The van der Waals surface area contributed by atoms with E-state index in [2.05, 4.69) is 31.2 Å². The lowest BCUT2D eigenvalue weighted by atomic mass is 10.4. The first-order valence-electron chi connectivity index (χ1n) is 4.46. The Kier molecular flexibility index (Phi) is 2.91. The molecule has 6 heteroatoms. The van der Waals surface area contributed by atoms with Gasteiger partial charge < -0.3 is 15.4 Å². The maximum atomic E-state index is 11.7. The maximum Gasteiger partial charge on any atom is 0.273 e. The van der Waals surface area contributed by atoms with Gasteiger partial charge in [0.05, 0.1) is 0 Å². The van der Waals surface area contributed by atoms with Crippen molar-refractivity contribution in [1.82, 2.24) is 9.97 Å². The van der Waals surface area contributed by atoms with Crippen molar-refractivity contribution >= 4 is 27.7 Å². The fourth-order valence-electron chi connectivity index (χ4n) is 1.17. The van der Waals surface area contributed by atoms with Crippen molar-refractivity contribution in [3.05, 3.63) is 40.8 Å². The standard InChI is InChI=1S/C10H8BrN3O2/c11-6-4-7(13-5-6)10(16)14-9-8(15)2-1-3-12-9/h1-5,13,15H,(H,12,14,16). The molecule has 0 unspecified atom stereocenters. The average molecular weight is 282 g/mol. The third-order valence-corrected chi connectivity index (χ3v) is 2.37. The third-order valence-electron chi connectivity index (χ3n) is 1.91. The summed E-state index contributed by atoms with van der Waals surface area (Å²) in [7, 11) is 0. The fourth-order valence-corrected chi connectivity index (χ4v) is 1.51. The quantitative estimate of drug-likeness (QED) is 0.789. The Bertz CT molecular complexity index is 524. The molecule has 0 atom stereocenters. The molecule has 0 radical (unpaired) electrons. The lowest BCUT2D eigenvalue weighted by Gasteiger charge is -2.03. The third kappa shape index (κ3) is 2.22. The fraction of sp³-hybridized carbons (Fsp3) is 0. The first-order chi connectivity index (χ1) is 7.66. The van der Waals surface area contributed by atoms with Gasteiger partial charge in [0, 0.05) is 16.9 Å². The summed E-state index contributed by atoms with van der Waals surface area (Å²) in [6.45, 7) is 0. The van der Waals surface area contributed by atoms with E-state index in [1.165, 1.54) is 12.3 Å². The molecule has 0 aliphatic heterocycles. The number of halogens is 1. The van der Waals surface area contributed by atoms with Crippen molar-refractivity contribution in [3.63, 3.8) is 0 Å². The second-order valence-corrected chi connectivity index (χ2v) is 3.97. The van der Waals surface area contributed by atoms with E-state index < -0.39 is 0 Å². The van der Waals surface area contributed by atoms with Crippen LogP contribution in [-0.4, -0.2) is 21.0 Å². The molecule has 3 N–H and O–H groups in total. The van der Waals surface area contributed by atoms with Crippen molar-refractivity contribution in [2.45, 2.75) is 0 Å². The number of pyridine rings is 1. The number of hydrogen-bond donors (Lipinski definition) is 3. The molecule has 0 fully saturated rings. The van der Waals surface area contributed by atoms with E-state index in [1.807, 2.05) is 0 Å².